The zero-order valence-electron chi connectivity index (χ0n) is 33.8. The molecule has 0 amide bonds. The molecule has 10 heteroatoms. The Hall–Kier alpha value is -5.16. The van der Waals surface area contributed by atoms with Crippen LogP contribution in [0.15, 0.2) is 66.7 Å². The lowest BCUT2D eigenvalue weighted by atomic mass is 9.71. The van der Waals surface area contributed by atoms with Gasteiger partial charge in [-0.1, -0.05) is 19.1 Å². The molecule has 0 aromatic heterocycles. The first kappa shape index (κ1) is 39.3. The summed E-state index contributed by atoms with van der Waals surface area (Å²) >= 11 is 0. The molecule has 4 aliphatic rings. The molecule has 3 heterocycles. The zero-order chi connectivity index (χ0) is 40.8. The summed E-state index contributed by atoms with van der Waals surface area (Å²) in [4.78, 5) is 0. The second-order valence-corrected chi connectivity index (χ2v) is 16.7. The number of fused-ring (bicyclic) bond motifs is 7. The number of ether oxygens (including phenoxy) is 5. The van der Waals surface area contributed by atoms with E-state index in [2.05, 4.69) is 0 Å². The summed E-state index contributed by atoms with van der Waals surface area (Å²) in [5, 5.41) is 58.9. The fraction of sp³-hybridized carbons (Fsp3) is 0.429. The second kappa shape index (κ2) is 16.5. The van der Waals surface area contributed by atoms with Crippen LogP contribution in [0, 0.1) is 11.8 Å². The highest BCUT2D eigenvalue weighted by atomic mass is 16.5. The van der Waals surface area contributed by atoms with Gasteiger partial charge in [-0.05, 0) is 135 Å². The van der Waals surface area contributed by atoms with Crippen molar-refractivity contribution in [3.05, 3.63) is 100 Å². The molecule has 1 fully saturated rings. The maximum atomic E-state index is 12.7. The number of phenolic OH excluding ortho intramolecular Hbond substituents is 3. The molecule has 5 aromatic carbocycles. The van der Waals surface area contributed by atoms with Crippen molar-refractivity contribution >= 4 is 10.8 Å². The number of hydrogen-bond acceptors (Lipinski definition) is 10. The number of methoxy groups -OCH3 is 1. The highest BCUT2D eigenvalue weighted by molar-refractivity contribution is 5.97. The smallest absolute Gasteiger partial charge is 0.133 e. The van der Waals surface area contributed by atoms with Gasteiger partial charge in [0.2, 0.25) is 0 Å². The van der Waals surface area contributed by atoms with Gasteiger partial charge in [0.1, 0.15) is 46.4 Å². The summed E-state index contributed by atoms with van der Waals surface area (Å²) in [5.74, 6) is 1.83. The molecule has 0 bridgehead atoms. The Balaban J connectivity index is 1.14. The molecule has 9 rings (SSSR count). The highest BCUT2D eigenvalue weighted by Crippen LogP contribution is 2.56. The molecule has 0 saturated heterocycles. The topological polar surface area (TPSA) is 147 Å². The Labute approximate surface area is 344 Å². The number of aromatic hydroxyl groups is 3. The van der Waals surface area contributed by atoms with E-state index in [1.54, 1.807) is 37.4 Å². The van der Waals surface area contributed by atoms with Crippen molar-refractivity contribution in [2.24, 2.45) is 11.8 Å². The van der Waals surface area contributed by atoms with E-state index in [0.717, 1.165) is 76.3 Å². The van der Waals surface area contributed by atoms with Crippen molar-refractivity contribution in [2.75, 3.05) is 26.9 Å². The first-order valence-corrected chi connectivity index (χ1v) is 21.3. The lowest BCUT2D eigenvalue weighted by molar-refractivity contribution is -0.0888. The van der Waals surface area contributed by atoms with Gasteiger partial charge < -0.3 is 49.2 Å². The Kier molecular flexibility index (Phi) is 11.0. The van der Waals surface area contributed by atoms with Gasteiger partial charge >= 0.3 is 0 Å². The largest absolute Gasteiger partial charge is 0.508 e. The summed E-state index contributed by atoms with van der Waals surface area (Å²) in [6, 6.07) is 20.0. The summed E-state index contributed by atoms with van der Waals surface area (Å²) in [5.41, 5.74) is 6.30. The van der Waals surface area contributed by atoms with Crippen LogP contribution in [0.5, 0.6) is 40.2 Å². The van der Waals surface area contributed by atoms with Crippen LogP contribution < -0.4 is 18.9 Å². The third-order valence-electron chi connectivity index (χ3n) is 13.0. The van der Waals surface area contributed by atoms with Crippen LogP contribution in [0.1, 0.15) is 97.5 Å². The molecule has 59 heavy (non-hydrogen) atoms. The summed E-state index contributed by atoms with van der Waals surface area (Å²) < 4.78 is 32.1. The number of aliphatic hydroxyl groups excluding tert-OH is 2. The molecule has 0 unspecified atom stereocenters. The number of phenols is 3. The van der Waals surface area contributed by atoms with E-state index in [9.17, 15) is 25.5 Å². The maximum absolute atomic E-state index is 12.7. The molecule has 0 radical (unpaired) electrons. The zero-order valence-corrected chi connectivity index (χ0v) is 33.8. The van der Waals surface area contributed by atoms with E-state index in [4.69, 9.17) is 23.7 Å². The highest BCUT2D eigenvalue weighted by Gasteiger charge is 2.49. The lowest BCUT2D eigenvalue weighted by Gasteiger charge is -2.46. The van der Waals surface area contributed by atoms with Gasteiger partial charge in [-0.25, -0.2) is 0 Å². The van der Waals surface area contributed by atoms with Crippen LogP contribution in [0.4, 0.5) is 0 Å². The van der Waals surface area contributed by atoms with E-state index >= 15 is 0 Å². The van der Waals surface area contributed by atoms with Crippen molar-refractivity contribution in [3.63, 3.8) is 0 Å². The van der Waals surface area contributed by atoms with E-state index in [-0.39, 0.29) is 30.0 Å². The summed E-state index contributed by atoms with van der Waals surface area (Å²) in [6.45, 7) is 3.18. The van der Waals surface area contributed by atoms with E-state index in [1.165, 1.54) is 0 Å². The molecule has 0 spiro atoms. The molecule has 310 valence electrons. The first-order chi connectivity index (χ1) is 28.7. The average molecular weight is 803 g/mol. The Morgan fingerprint density at radius 2 is 1.61 bits per heavy atom. The van der Waals surface area contributed by atoms with Gasteiger partial charge in [0.25, 0.3) is 0 Å². The minimum atomic E-state index is -1.04. The molecule has 10 nitrogen and oxygen atoms in total. The van der Waals surface area contributed by atoms with Crippen molar-refractivity contribution in [1.82, 2.24) is 0 Å². The Bertz CT molecular complexity index is 2350. The van der Waals surface area contributed by atoms with Crippen molar-refractivity contribution < 1.29 is 49.2 Å². The first-order valence-electron chi connectivity index (χ1n) is 21.3. The number of rotatable bonds is 11. The normalized spacial score (nSPS) is 22.5. The predicted molar refractivity (Wildman–Crippen MR) is 224 cm³/mol. The lowest BCUT2D eigenvalue weighted by Crippen LogP contribution is -2.46. The quantitative estimate of drug-likeness (QED) is 0.0820. The Morgan fingerprint density at radius 1 is 0.780 bits per heavy atom. The van der Waals surface area contributed by atoms with Crippen LogP contribution in [-0.4, -0.2) is 64.7 Å². The second-order valence-electron chi connectivity index (χ2n) is 16.7. The predicted octanol–water partition coefficient (Wildman–Crippen LogP) is 9.00. The number of aliphatic hydroxyl groups is 2. The van der Waals surface area contributed by atoms with Gasteiger partial charge in [0.15, 0.2) is 0 Å². The molecule has 5 atom stereocenters. The molecule has 5 N–H and O–H groups in total. The standard InChI is InChI=1S/C49H54O10/c1-3-27-22-37(28-9-6-10-31(50)20-28)29(23-41(27)52)19-30-21-34(58-33-11-4-5-12-33)25-39-45(53)40(26-57-47(30)39)43-42(14-8-17-55-2)59-49-35-16-15-32(51)24-38(35)48-36(13-7-18-56-48)44(49)46(43)54/h6,9-10,15-16,20-25,33,40,42-43,45-46,50-54H,3-5,7-8,11-14,17-19,26H2,1-2H3/t40-,42-,43+,45-,46-/m1/s1. The third-order valence-corrected chi connectivity index (χ3v) is 13.0. The van der Waals surface area contributed by atoms with Crippen LogP contribution >= 0.6 is 0 Å². The number of aryl methyl sites for hydroxylation is 1. The van der Waals surface area contributed by atoms with Gasteiger partial charge in [0.05, 0.1) is 31.5 Å². The van der Waals surface area contributed by atoms with Gasteiger partial charge in [0, 0.05) is 65.0 Å². The van der Waals surface area contributed by atoms with E-state index < -0.39 is 30.1 Å². The van der Waals surface area contributed by atoms with Crippen LogP contribution in [0.3, 0.4) is 0 Å². The van der Waals surface area contributed by atoms with Crippen molar-refractivity contribution in [1.29, 1.82) is 0 Å². The minimum Gasteiger partial charge on any atom is -0.508 e. The molecule has 1 aliphatic carbocycles. The van der Waals surface area contributed by atoms with E-state index in [0.29, 0.717) is 79.4 Å². The van der Waals surface area contributed by atoms with E-state index in [1.807, 2.05) is 43.3 Å². The number of benzene rings is 5. The molecular weight excluding hydrogens is 749 g/mol. The number of hydrogen-bond donors (Lipinski definition) is 5. The molecule has 1 saturated carbocycles. The SMILES string of the molecule is CCc1cc(-c2cccc(O)c2)c(Cc2cc(OC3CCCC3)cc3c2OC[C@H]([C@H]2[C@@H](CCCOC)Oc4c(c5c(c6cc(O)ccc46)OCCC5)[C@@H]2O)[C@@H]3O)cc1O. The average Bonchev–Trinajstić information content (AvgIpc) is 3.75. The fourth-order valence-electron chi connectivity index (χ4n) is 10.1. The molecule has 5 aromatic rings. The summed E-state index contributed by atoms with van der Waals surface area (Å²) in [7, 11) is 1.67. The van der Waals surface area contributed by atoms with Crippen LogP contribution in [0.2, 0.25) is 0 Å². The monoisotopic (exact) mass is 802 g/mol. The molecular formula is C49H54O10. The maximum Gasteiger partial charge on any atom is 0.133 e. The van der Waals surface area contributed by atoms with Gasteiger partial charge in [-0.2, -0.15) is 0 Å². The fourth-order valence-corrected chi connectivity index (χ4v) is 10.1. The van der Waals surface area contributed by atoms with Crippen molar-refractivity contribution in [2.45, 2.75) is 95.5 Å². The van der Waals surface area contributed by atoms with Crippen LogP contribution in [0.25, 0.3) is 21.9 Å². The summed E-state index contributed by atoms with van der Waals surface area (Å²) in [6.07, 6.45) is 5.36. The third kappa shape index (κ3) is 7.40. The van der Waals surface area contributed by atoms with Gasteiger partial charge in [-0.3, -0.25) is 0 Å². The van der Waals surface area contributed by atoms with Crippen LogP contribution in [-0.2, 0) is 24.0 Å². The minimum absolute atomic E-state index is 0.0643. The Morgan fingerprint density at radius 3 is 2.41 bits per heavy atom. The molecule has 3 aliphatic heterocycles. The van der Waals surface area contributed by atoms with Gasteiger partial charge in [-0.15, -0.1) is 0 Å². The van der Waals surface area contributed by atoms with Crippen molar-refractivity contribution in [3.8, 4) is 51.4 Å².